The number of benzene rings is 1. The van der Waals surface area contributed by atoms with Crippen LogP contribution in [0.3, 0.4) is 0 Å². The Hall–Kier alpha value is -3.74. The maximum Gasteiger partial charge on any atom is 0.228 e. The van der Waals surface area contributed by atoms with Crippen LogP contribution in [0.1, 0.15) is 36.3 Å². The number of allylic oxidation sites excluding steroid dienone is 2. The van der Waals surface area contributed by atoms with E-state index in [2.05, 4.69) is 10.1 Å². The molecule has 0 amide bonds. The van der Waals surface area contributed by atoms with E-state index in [1.54, 1.807) is 23.2 Å². The van der Waals surface area contributed by atoms with E-state index in [4.69, 9.17) is 14.1 Å². The summed E-state index contributed by atoms with van der Waals surface area (Å²) in [5.41, 5.74) is 3.10. The van der Waals surface area contributed by atoms with Crippen LogP contribution in [0.4, 0.5) is 0 Å². The van der Waals surface area contributed by atoms with Crippen molar-refractivity contribution in [1.29, 1.82) is 0 Å². The summed E-state index contributed by atoms with van der Waals surface area (Å²) < 4.78 is 13.2. The van der Waals surface area contributed by atoms with Gasteiger partial charge in [-0.05, 0) is 24.1 Å². The van der Waals surface area contributed by atoms with E-state index in [9.17, 15) is 4.79 Å². The number of ether oxygens (including phenoxy) is 1. The van der Waals surface area contributed by atoms with Gasteiger partial charge in [-0.3, -0.25) is 4.79 Å². The molecule has 0 spiro atoms. The Labute approximate surface area is 165 Å². The summed E-state index contributed by atoms with van der Waals surface area (Å²) in [7, 11) is 0. The van der Waals surface area contributed by atoms with Crippen molar-refractivity contribution in [1.82, 2.24) is 19.6 Å². The Morgan fingerprint density at radius 2 is 1.97 bits per heavy atom. The molecule has 142 valence electrons. The average molecular weight is 384 g/mol. The number of carbonyl (C=O) groups excluding carboxylic acids is 1. The van der Waals surface area contributed by atoms with Crippen LogP contribution in [0, 0.1) is 0 Å². The van der Waals surface area contributed by atoms with Crippen molar-refractivity contribution < 1.29 is 13.9 Å². The summed E-state index contributed by atoms with van der Waals surface area (Å²) in [4.78, 5) is 22.1. The Bertz CT molecular complexity index is 1270. The molecule has 4 aromatic rings. The molecule has 0 N–H and O–H groups in total. The van der Waals surface area contributed by atoms with Gasteiger partial charge in [-0.2, -0.15) is 0 Å². The summed E-state index contributed by atoms with van der Waals surface area (Å²) >= 11 is 0. The van der Waals surface area contributed by atoms with Crippen molar-refractivity contribution in [3.8, 4) is 17.5 Å². The molecule has 1 aliphatic carbocycles. The number of Topliss-reactive ketones (excluding diaryl/α,β-unsaturated/α-hetero) is 1. The van der Waals surface area contributed by atoms with Gasteiger partial charge in [0.2, 0.25) is 11.7 Å². The average Bonchev–Trinajstić information content (AvgIpc) is 3.42. The van der Waals surface area contributed by atoms with Gasteiger partial charge in [0.25, 0.3) is 0 Å². The van der Waals surface area contributed by atoms with Gasteiger partial charge < -0.3 is 9.15 Å². The fourth-order valence-electron chi connectivity index (χ4n) is 4.21. The van der Waals surface area contributed by atoms with E-state index in [0.717, 1.165) is 29.7 Å². The molecule has 7 heteroatoms. The molecule has 6 rings (SSSR count). The molecular weight excluding hydrogens is 368 g/mol. The fraction of sp³-hybridized carbons (Fsp3) is 0.182. The minimum absolute atomic E-state index is 0.124. The molecule has 0 saturated heterocycles. The second kappa shape index (κ2) is 6.13. The molecule has 1 aliphatic heterocycles. The number of ketones is 1. The maximum absolute atomic E-state index is 12.9. The highest BCUT2D eigenvalue weighted by Crippen LogP contribution is 2.47. The van der Waals surface area contributed by atoms with Crippen LogP contribution in [-0.4, -0.2) is 25.4 Å². The molecule has 29 heavy (non-hydrogen) atoms. The van der Waals surface area contributed by atoms with E-state index in [1.807, 2.05) is 36.4 Å². The van der Waals surface area contributed by atoms with Gasteiger partial charge >= 0.3 is 0 Å². The Kier molecular flexibility index (Phi) is 3.43. The Morgan fingerprint density at radius 3 is 2.79 bits per heavy atom. The summed E-state index contributed by atoms with van der Waals surface area (Å²) in [6.07, 6.45) is 5.24. The first-order valence-corrected chi connectivity index (χ1v) is 9.58. The van der Waals surface area contributed by atoms with Crippen molar-refractivity contribution in [3.63, 3.8) is 0 Å². The first kappa shape index (κ1) is 16.2. The monoisotopic (exact) mass is 384 g/mol. The first-order chi connectivity index (χ1) is 14.3. The van der Waals surface area contributed by atoms with Gasteiger partial charge in [-0.15, -0.1) is 5.10 Å². The highest BCUT2D eigenvalue weighted by molar-refractivity contribution is 6.00. The number of rotatable bonds is 2. The number of aromatic nitrogens is 4. The van der Waals surface area contributed by atoms with Crippen molar-refractivity contribution >= 4 is 11.4 Å². The van der Waals surface area contributed by atoms with Crippen LogP contribution >= 0.6 is 0 Å². The van der Waals surface area contributed by atoms with Crippen LogP contribution in [0.2, 0.25) is 0 Å². The zero-order valence-corrected chi connectivity index (χ0v) is 15.4. The number of carbonyl (C=O) groups is 1. The molecule has 7 nitrogen and oxygen atoms in total. The fourth-order valence-corrected chi connectivity index (χ4v) is 4.21. The lowest BCUT2D eigenvalue weighted by molar-refractivity contribution is -0.116. The number of hydrogen-bond acceptors (Lipinski definition) is 6. The predicted octanol–water partition coefficient (Wildman–Crippen LogP) is 3.92. The quantitative estimate of drug-likeness (QED) is 0.521. The van der Waals surface area contributed by atoms with E-state index in [-0.39, 0.29) is 11.7 Å². The van der Waals surface area contributed by atoms with Crippen LogP contribution < -0.4 is 4.74 Å². The third-order valence-electron chi connectivity index (χ3n) is 5.47. The predicted molar refractivity (Wildman–Crippen MR) is 103 cm³/mol. The molecule has 3 aromatic heterocycles. The third kappa shape index (κ3) is 2.44. The summed E-state index contributed by atoms with van der Waals surface area (Å²) in [5.74, 6) is 2.09. The van der Waals surface area contributed by atoms with E-state index >= 15 is 0 Å². The van der Waals surface area contributed by atoms with Gasteiger partial charge in [-0.1, -0.05) is 30.3 Å². The molecule has 4 heterocycles. The molecule has 0 radical (unpaired) electrons. The van der Waals surface area contributed by atoms with Crippen molar-refractivity contribution in [3.05, 3.63) is 77.5 Å². The topological polar surface area (TPSA) is 82.5 Å². The van der Waals surface area contributed by atoms with Gasteiger partial charge in [0.15, 0.2) is 17.2 Å². The number of hydrogen-bond donors (Lipinski definition) is 0. The molecule has 0 fully saturated rings. The first-order valence-electron chi connectivity index (χ1n) is 9.58. The maximum atomic E-state index is 12.9. The minimum atomic E-state index is -0.285. The van der Waals surface area contributed by atoms with Crippen molar-refractivity contribution in [2.45, 2.75) is 25.2 Å². The van der Waals surface area contributed by atoms with E-state index in [0.29, 0.717) is 35.1 Å². The minimum Gasteiger partial charge on any atom is -0.461 e. The van der Waals surface area contributed by atoms with Gasteiger partial charge in [0, 0.05) is 24.3 Å². The summed E-state index contributed by atoms with van der Waals surface area (Å²) in [6.45, 7) is 0. The zero-order valence-electron chi connectivity index (χ0n) is 15.4. The Morgan fingerprint density at radius 1 is 1.07 bits per heavy atom. The lowest BCUT2D eigenvalue weighted by Crippen LogP contribution is -2.26. The van der Waals surface area contributed by atoms with Gasteiger partial charge in [-0.25, -0.2) is 14.5 Å². The lowest BCUT2D eigenvalue weighted by Gasteiger charge is -2.31. The number of nitrogens with zero attached hydrogens (tertiary/aromatic N) is 4. The van der Waals surface area contributed by atoms with Crippen LogP contribution in [0.15, 0.2) is 70.8 Å². The second-order valence-corrected chi connectivity index (χ2v) is 7.20. The molecule has 2 aliphatic rings. The standard InChI is InChI=1S/C22H16N4O3/c27-14-8-4-9-15-18(14)17(13-6-2-1-3-7-13)19-21-24-20(16-10-5-11-28-16)25-26(21)12-23-22(19)29-15/h1-3,5-7,10-12,17H,4,8-9H2/t17-/m1/s1. The van der Waals surface area contributed by atoms with Crippen LogP contribution in [-0.2, 0) is 4.79 Å². The van der Waals surface area contributed by atoms with Crippen molar-refractivity contribution in [2.75, 3.05) is 0 Å². The van der Waals surface area contributed by atoms with Crippen LogP contribution in [0.25, 0.3) is 17.2 Å². The lowest BCUT2D eigenvalue weighted by atomic mass is 9.78. The zero-order chi connectivity index (χ0) is 19.4. The number of fused-ring (bicyclic) bond motifs is 3. The highest BCUT2D eigenvalue weighted by Gasteiger charge is 2.39. The molecule has 0 bridgehead atoms. The van der Waals surface area contributed by atoms with E-state index < -0.39 is 0 Å². The summed E-state index contributed by atoms with van der Waals surface area (Å²) in [6, 6.07) is 13.6. The third-order valence-corrected chi connectivity index (χ3v) is 5.47. The summed E-state index contributed by atoms with van der Waals surface area (Å²) in [5, 5.41) is 4.51. The van der Waals surface area contributed by atoms with Gasteiger partial charge in [0.1, 0.15) is 12.1 Å². The highest BCUT2D eigenvalue weighted by atomic mass is 16.5. The molecule has 0 saturated carbocycles. The molecular formula is C22H16N4O3. The SMILES string of the molecule is O=C1CCCC2=C1[C@@H](c1ccccc1)c1c(ncn3nc(-c4ccco4)nc13)O2. The molecule has 0 unspecified atom stereocenters. The normalized spacial score (nSPS) is 18.5. The van der Waals surface area contributed by atoms with Crippen LogP contribution in [0.5, 0.6) is 5.88 Å². The smallest absolute Gasteiger partial charge is 0.228 e. The molecule has 1 aromatic carbocycles. The second-order valence-electron chi connectivity index (χ2n) is 7.20. The molecule has 1 atom stereocenters. The van der Waals surface area contributed by atoms with Crippen molar-refractivity contribution in [2.24, 2.45) is 0 Å². The Balaban J connectivity index is 1.63. The van der Waals surface area contributed by atoms with E-state index in [1.165, 1.54) is 0 Å². The van der Waals surface area contributed by atoms with Gasteiger partial charge in [0.05, 0.1) is 11.8 Å². The largest absolute Gasteiger partial charge is 0.461 e. The number of furan rings is 1.